The Labute approximate surface area is 186 Å². The maximum Gasteiger partial charge on any atom is 0.315 e. The lowest BCUT2D eigenvalue weighted by Crippen LogP contribution is -2.49. The molecule has 0 aromatic heterocycles. The van der Waals surface area contributed by atoms with Crippen molar-refractivity contribution in [2.45, 2.75) is 64.6 Å². The summed E-state index contributed by atoms with van der Waals surface area (Å²) < 4.78 is 5.51. The first-order valence-electron chi connectivity index (χ1n) is 11.7. The first-order chi connectivity index (χ1) is 14.9. The van der Waals surface area contributed by atoms with Gasteiger partial charge in [0.15, 0.2) is 0 Å². The fourth-order valence-electron chi connectivity index (χ4n) is 4.52. The average molecular weight is 431 g/mol. The molecule has 3 unspecified atom stereocenters. The molecule has 3 atom stereocenters. The lowest BCUT2D eigenvalue weighted by molar-refractivity contribution is -0.126. The molecule has 7 nitrogen and oxygen atoms in total. The van der Waals surface area contributed by atoms with Crippen molar-refractivity contribution < 1.29 is 14.3 Å². The molecule has 0 bridgehead atoms. The second-order valence-corrected chi connectivity index (χ2v) is 9.15. The molecule has 3 N–H and O–H groups in total. The summed E-state index contributed by atoms with van der Waals surface area (Å²) in [6.45, 7) is 9.73. The SMILES string of the molecule is Cc1ccc(C(CNC(=O)NC2CCCC(C(=O)NC(C)C)C2)N2CCOCC2)cc1. The highest BCUT2D eigenvalue weighted by molar-refractivity contribution is 5.79. The van der Waals surface area contributed by atoms with E-state index in [-0.39, 0.29) is 36.0 Å². The van der Waals surface area contributed by atoms with Crippen LogP contribution in [0.4, 0.5) is 4.79 Å². The Morgan fingerprint density at radius 1 is 1.13 bits per heavy atom. The number of nitrogens with zero attached hydrogens (tertiary/aromatic N) is 1. The van der Waals surface area contributed by atoms with Crippen molar-refractivity contribution in [1.29, 1.82) is 0 Å². The number of hydrogen-bond donors (Lipinski definition) is 3. The Morgan fingerprint density at radius 3 is 2.52 bits per heavy atom. The van der Waals surface area contributed by atoms with Gasteiger partial charge in [-0.1, -0.05) is 36.2 Å². The van der Waals surface area contributed by atoms with Crippen molar-refractivity contribution in [2.24, 2.45) is 5.92 Å². The fourth-order valence-corrected chi connectivity index (χ4v) is 4.52. The van der Waals surface area contributed by atoms with E-state index >= 15 is 0 Å². The number of urea groups is 1. The lowest BCUT2D eigenvalue weighted by Gasteiger charge is -2.35. The van der Waals surface area contributed by atoms with Gasteiger partial charge < -0.3 is 20.7 Å². The largest absolute Gasteiger partial charge is 0.379 e. The van der Waals surface area contributed by atoms with Crippen LogP contribution in [-0.2, 0) is 9.53 Å². The van der Waals surface area contributed by atoms with Crippen LogP contribution in [0.15, 0.2) is 24.3 Å². The molecule has 1 aliphatic heterocycles. The van der Waals surface area contributed by atoms with Gasteiger partial charge in [0.1, 0.15) is 0 Å². The third-order valence-corrected chi connectivity index (χ3v) is 6.22. The number of carbonyl (C=O) groups excluding carboxylic acids is 2. The minimum Gasteiger partial charge on any atom is -0.379 e. The number of nitrogens with one attached hydrogen (secondary N) is 3. The van der Waals surface area contributed by atoms with Crippen LogP contribution in [0.25, 0.3) is 0 Å². The first kappa shape index (κ1) is 23.5. The van der Waals surface area contributed by atoms with E-state index in [1.807, 2.05) is 13.8 Å². The van der Waals surface area contributed by atoms with E-state index in [0.717, 1.165) is 45.6 Å². The van der Waals surface area contributed by atoms with Crippen LogP contribution in [0.5, 0.6) is 0 Å². The van der Waals surface area contributed by atoms with Gasteiger partial charge in [-0.25, -0.2) is 4.79 Å². The molecule has 172 valence electrons. The van der Waals surface area contributed by atoms with Crippen molar-refractivity contribution in [1.82, 2.24) is 20.9 Å². The topological polar surface area (TPSA) is 82.7 Å². The predicted molar refractivity (Wildman–Crippen MR) is 122 cm³/mol. The van der Waals surface area contributed by atoms with E-state index in [1.54, 1.807) is 0 Å². The molecule has 3 amide bonds. The minimum absolute atomic E-state index is 0.0184. The summed E-state index contributed by atoms with van der Waals surface area (Å²) in [6.07, 6.45) is 3.48. The van der Waals surface area contributed by atoms with Gasteiger partial charge in [0.25, 0.3) is 0 Å². The van der Waals surface area contributed by atoms with Crippen LogP contribution in [0.2, 0.25) is 0 Å². The third kappa shape index (κ3) is 7.21. The number of amides is 3. The maximum absolute atomic E-state index is 12.7. The summed E-state index contributed by atoms with van der Waals surface area (Å²) in [5.74, 6) is 0.0868. The minimum atomic E-state index is -0.153. The van der Waals surface area contributed by atoms with Gasteiger partial charge >= 0.3 is 6.03 Å². The number of carbonyl (C=O) groups is 2. The fraction of sp³-hybridized carbons (Fsp3) is 0.667. The second-order valence-electron chi connectivity index (χ2n) is 9.15. The summed E-state index contributed by atoms with van der Waals surface area (Å²) in [5, 5.41) is 9.19. The summed E-state index contributed by atoms with van der Waals surface area (Å²) in [6, 6.07) is 8.68. The average Bonchev–Trinajstić information content (AvgIpc) is 2.75. The van der Waals surface area contributed by atoms with Crippen LogP contribution in [0, 0.1) is 12.8 Å². The Morgan fingerprint density at radius 2 is 1.84 bits per heavy atom. The molecule has 0 radical (unpaired) electrons. The van der Waals surface area contributed by atoms with E-state index < -0.39 is 0 Å². The zero-order valence-electron chi connectivity index (χ0n) is 19.2. The summed E-state index contributed by atoms with van der Waals surface area (Å²) in [5.41, 5.74) is 2.43. The third-order valence-electron chi connectivity index (χ3n) is 6.22. The molecule has 3 rings (SSSR count). The highest BCUT2D eigenvalue weighted by Crippen LogP contribution is 2.25. The van der Waals surface area contributed by atoms with Crippen molar-refractivity contribution >= 4 is 11.9 Å². The number of benzene rings is 1. The molecule has 0 spiro atoms. The molecule has 31 heavy (non-hydrogen) atoms. The molecule has 2 fully saturated rings. The lowest BCUT2D eigenvalue weighted by atomic mass is 9.85. The molecule has 1 aliphatic carbocycles. The highest BCUT2D eigenvalue weighted by atomic mass is 16.5. The zero-order chi connectivity index (χ0) is 22.2. The number of aryl methyl sites for hydroxylation is 1. The van der Waals surface area contributed by atoms with Crippen molar-refractivity contribution in [2.75, 3.05) is 32.8 Å². The van der Waals surface area contributed by atoms with Gasteiger partial charge in [-0.15, -0.1) is 0 Å². The molecular weight excluding hydrogens is 392 g/mol. The van der Waals surface area contributed by atoms with Gasteiger partial charge in [-0.05, 0) is 45.6 Å². The van der Waals surface area contributed by atoms with Crippen LogP contribution in [0.3, 0.4) is 0 Å². The summed E-state index contributed by atoms with van der Waals surface area (Å²) in [4.78, 5) is 27.4. The Hall–Kier alpha value is -2.12. The van der Waals surface area contributed by atoms with E-state index in [1.165, 1.54) is 11.1 Å². The number of morpholine rings is 1. The first-order valence-corrected chi connectivity index (χ1v) is 11.7. The molecular formula is C24H38N4O3. The molecule has 7 heteroatoms. The van der Waals surface area contributed by atoms with Gasteiger partial charge in [-0.3, -0.25) is 9.69 Å². The summed E-state index contributed by atoms with van der Waals surface area (Å²) in [7, 11) is 0. The van der Waals surface area contributed by atoms with Crippen LogP contribution in [-0.4, -0.2) is 61.8 Å². The predicted octanol–water partition coefficient (Wildman–Crippen LogP) is 2.75. The number of rotatable bonds is 7. The summed E-state index contributed by atoms with van der Waals surface area (Å²) >= 11 is 0. The monoisotopic (exact) mass is 430 g/mol. The highest BCUT2D eigenvalue weighted by Gasteiger charge is 2.29. The van der Waals surface area contributed by atoms with Crippen LogP contribution in [0.1, 0.15) is 56.7 Å². The maximum atomic E-state index is 12.7. The van der Waals surface area contributed by atoms with Gasteiger partial charge in [0, 0.05) is 37.6 Å². The zero-order valence-corrected chi connectivity index (χ0v) is 19.2. The Balaban J connectivity index is 1.54. The Bertz CT molecular complexity index is 716. The molecule has 1 saturated heterocycles. The molecule has 1 saturated carbocycles. The van der Waals surface area contributed by atoms with Crippen LogP contribution >= 0.6 is 0 Å². The van der Waals surface area contributed by atoms with E-state index in [2.05, 4.69) is 52.0 Å². The smallest absolute Gasteiger partial charge is 0.315 e. The van der Waals surface area contributed by atoms with Gasteiger partial charge in [0.05, 0.1) is 19.3 Å². The second kappa shape index (κ2) is 11.5. The molecule has 2 aliphatic rings. The molecule has 1 aromatic rings. The van der Waals surface area contributed by atoms with Gasteiger partial charge in [-0.2, -0.15) is 0 Å². The van der Waals surface area contributed by atoms with E-state index in [9.17, 15) is 9.59 Å². The number of hydrogen-bond acceptors (Lipinski definition) is 4. The molecule has 1 aromatic carbocycles. The van der Waals surface area contributed by atoms with E-state index in [4.69, 9.17) is 4.74 Å². The van der Waals surface area contributed by atoms with Gasteiger partial charge in [0.2, 0.25) is 5.91 Å². The van der Waals surface area contributed by atoms with Crippen LogP contribution < -0.4 is 16.0 Å². The van der Waals surface area contributed by atoms with E-state index in [0.29, 0.717) is 13.0 Å². The molecule has 1 heterocycles. The number of ether oxygens (including phenoxy) is 1. The normalized spacial score (nSPS) is 23.2. The van der Waals surface area contributed by atoms with Crippen molar-refractivity contribution in [3.63, 3.8) is 0 Å². The Kier molecular flexibility index (Phi) is 8.72. The quantitative estimate of drug-likeness (QED) is 0.621. The van der Waals surface area contributed by atoms with Crippen molar-refractivity contribution in [3.05, 3.63) is 35.4 Å². The van der Waals surface area contributed by atoms with Crippen molar-refractivity contribution in [3.8, 4) is 0 Å². The standard InChI is InChI=1S/C24H38N4O3/c1-17(2)26-23(29)20-5-4-6-21(15-20)27-24(30)25-16-22(28-11-13-31-14-12-28)19-9-7-18(3)8-10-19/h7-10,17,20-22H,4-6,11-16H2,1-3H3,(H,26,29)(H2,25,27,30).